The van der Waals surface area contributed by atoms with Gasteiger partial charge < -0.3 is 14.4 Å². The summed E-state index contributed by atoms with van der Waals surface area (Å²) in [6.07, 6.45) is 5.59. The summed E-state index contributed by atoms with van der Waals surface area (Å²) >= 11 is 0. The highest BCUT2D eigenvalue weighted by molar-refractivity contribution is 7.89. The second kappa shape index (κ2) is 7.91. The lowest BCUT2D eigenvalue weighted by molar-refractivity contribution is 0.382. The summed E-state index contributed by atoms with van der Waals surface area (Å²) in [5.74, 6) is 2.60. The Morgan fingerprint density at radius 3 is 2.07 bits per heavy atom. The Kier molecular flexibility index (Phi) is 5.48. The highest BCUT2D eigenvalue weighted by Crippen LogP contribution is 2.24. The fraction of sp³-hybridized carbons (Fsp3) is 0.632. The van der Waals surface area contributed by atoms with E-state index in [-0.39, 0.29) is 11.1 Å². The predicted octanol–water partition coefficient (Wildman–Crippen LogP) is 1.67. The number of sulfonamides is 1. The Morgan fingerprint density at radius 1 is 0.931 bits per heavy atom. The van der Waals surface area contributed by atoms with Crippen molar-refractivity contribution in [3.8, 4) is 0 Å². The van der Waals surface area contributed by atoms with E-state index in [0.717, 1.165) is 30.5 Å². The van der Waals surface area contributed by atoms with Crippen LogP contribution in [-0.2, 0) is 10.0 Å². The molecular weight excluding hydrogens is 390 g/mol. The normalized spacial score (nSPS) is 18.8. The molecule has 2 saturated heterocycles. The Hall–Kier alpha value is -2.20. The van der Waals surface area contributed by atoms with Crippen LogP contribution in [0.2, 0.25) is 0 Å². The molecule has 29 heavy (non-hydrogen) atoms. The number of piperazine rings is 1. The highest BCUT2D eigenvalue weighted by Gasteiger charge is 2.31. The molecule has 10 heteroatoms. The zero-order chi connectivity index (χ0) is 20.6. The average Bonchev–Trinajstić information content (AvgIpc) is 3.40. The number of aryl methyl sites for hydroxylation is 1. The van der Waals surface area contributed by atoms with Gasteiger partial charge in [0.25, 0.3) is 10.0 Å². The summed E-state index contributed by atoms with van der Waals surface area (Å²) in [6, 6.07) is 2.21. The number of hydrogen-bond acceptors (Lipinski definition) is 7. The van der Waals surface area contributed by atoms with Crippen LogP contribution in [0.5, 0.6) is 0 Å². The van der Waals surface area contributed by atoms with Gasteiger partial charge in [0.15, 0.2) is 5.03 Å². The van der Waals surface area contributed by atoms with Crippen LogP contribution in [0.15, 0.2) is 23.6 Å². The molecule has 2 aliphatic heterocycles. The second-order valence-corrected chi connectivity index (χ2v) is 9.85. The van der Waals surface area contributed by atoms with Crippen molar-refractivity contribution < 1.29 is 8.42 Å². The van der Waals surface area contributed by atoms with E-state index in [2.05, 4.69) is 24.8 Å². The van der Waals surface area contributed by atoms with Gasteiger partial charge in [-0.05, 0) is 33.6 Å². The Morgan fingerprint density at radius 2 is 1.52 bits per heavy atom. The molecule has 0 radical (unpaired) electrons. The molecule has 4 rings (SSSR count). The zero-order valence-corrected chi connectivity index (χ0v) is 18.1. The summed E-state index contributed by atoms with van der Waals surface area (Å²) in [7, 11) is -3.58. The molecule has 0 aromatic carbocycles. The van der Waals surface area contributed by atoms with E-state index < -0.39 is 10.0 Å². The van der Waals surface area contributed by atoms with Crippen LogP contribution in [0.4, 0.5) is 11.6 Å². The second-order valence-electron chi connectivity index (χ2n) is 7.97. The molecule has 0 atom stereocenters. The van der Waals surface area contributed by atoms with Crippen molar-refractivity contribution in [2.45, 2.75) is 44.7 Å². The molecule has 0 aliphatic carbocycles. The molecule has 0 spiro atoms. The quantitative estimate of drug-likeness (QED) is 0.728. The number of rotatable bonds is 5. The van der Waals surface area contributed by atoms with Crippen LogP contribution in [0.25, 0.3) is 0 Å². The lowest BCUT2D eigenvalue weighted by atomic mass is 10.3. The molecule has 2 aromatic heterocycles. The molecule has 0 saturated carbocycles. The standard InChI is InChI=1S/C19H29N7O2S/c1-15(2)25-13-19(20-14-25)29(27,28)26-10-8-24(9-11-26)18-12-17(21-16(3)22-18)23-6-4-5-7-23/h12-15H,4-11H2,1-3H3. The minimum absolute atomic E-state index is 0.119. The van der Waals surface area contributed by atoms with Crippen LogP contribution < -0.4 is 9.80 Å². The first-order valence-corrected chi connectivity index (χ1v) is 11.7. The molecule has 158 valence electrons. The van der Waals surface area contributed by atoms with E-state index >= 15 is 0 Å². The summed E-state index contributed by atoms with van der Waals surface area (Å²) in [4.78, 5) is 17.8. The molecule has 0 N–H and O–H groups in total. The Bertz CT molecular complexity index is 959. The lowest BCUT2D eigenvalue weighted by Gasteiger charge is -2.34. The third kappa shape index (κ3) is 4.09. The number of imidazole rings is 1. The van der Waals surface area contributed by atoms with Crippen molar-refractivity contribution in [3.05, 3.63) is 24.4 Å². The van der Waals surface area contributed by atoms with Crippen LogP contribution >= 0.6 is 0 Å². The van der Waals surface area contributed by atoms with Gasteiger partial charge in [0.2, 0.25) is 0 Å². The zero-order valence-electron chi connectivity index (χ0n) is 17.3. The SMILES string of the molecule is Cc1nc(N2CCCC2)cc(N2CCN(S(=O)(=O)c3cn(C(C)C)cn3)CC2)n1. The lowest BCUT2D eigenvalue weighted by Crippen LogP contribution is -2.49. The minimum atomic E-state index is -3.58. The van der Waals surface area contributed by atoms with Crippen molar-refractivity contribution in [1.82, 2.24) is 23.8 Å². The van der Waals surface area contributed by atoms with Crippen molar-refractivity contribution >= 4 is 21.7 Å². The highest BCUT2D eigenvalue weighted by atomic mass is 32.2. The summed E-state index contributed by atoms with van der Waals surface area (Å²) < 4.78 is 29.2. The van der Waals surface area contributed by atoms with Crippen molar-refractivity contribution in [2.24, 2.45) is 0 Å². The third-order valence-electron chi connectivity index (χ3n) is 5.58. The first-order valence-electron chi connectivity index (χ1n) is 10.2. The van der Waals surface area contributed by atoms with Gasteiger partial charge in [-0.3, -0.25) is 0 Å². The fourth-order valence-electron chi connectivity index (χ4n) is 3.83. The molecule has 0 unspecified atom stereocenters. The van der Waals surface area contributed by atoms with E-state index in [1.54, 1.807) is 12.5 Å². The van der Waals surface area contributed by atoms with E-state index in [4.69, 9.17) is 0 Å². The number of aromatic nitrogens is 4. The molecular formula is C19H29N7O2S. The van der Waals surface area contributed by atoms with Crippen molar-refractivity contribution in [2.75, 3.05) is 49.1 Å². The summed E-state index contributed by atoms with van der Waals surface area (Å²) in [5.41, 5.74) is 0. The summed E-state index contributed by atoms with van der Waals surface area (Å²) in [5, 5.41) is 0.119. The number of hydrogen-bond donors (Lipinski definition) is 0. The third-order valence-corrected chi connectivity index (χ3v) is 7.37. The van der Waals surface area contributed by atoms with Gasteiger partial charge in [0, 0.05) is 57.6 Å². The van der Waals surface area contributed by atoms with E-state index in [9.17, 15) is 8.42 Å². The maximum Gasteiger partial charge on any atom is 0.262 e. The Labute approximate surface area is 172 Å². The van der Waals surface area contributed by atoms with E-state index in [0.29, 0.717) is 26.2 Å². The molecule has 0 amide bonds. The molecule has 2 aliphatic rings. The van der Waals surface area contributed by atoms with Crippen LogP contribution in [0.3, 0.4) is 0 Å². The Balaban J connectivity index is 1.46. The van der Waals surface area contributed by atoms with E-state index in [1.807, 2.05) is 31.4 Å². The molecule has 2 aromatic rings. The number of anilines is 2. The van der Waals surface area contributed by atoms with Gasteiger partial charge >= 0.3 is 0 Å². The average molecular weight is 420 g/mol. The molecule has 4 heterocycles. The van der Waals surface area contributed by atoms with Gasteiger partial charge in [-0.2, -0.15) is 4.31 Å². The van der Waals surface area contributed by atoms with E-state index in [1.165, 1.54) is 17.1 Å². The minimum Gasteiger partial charge on any atom is -0.356 e. The van der Waals surface area contributed by atoms with Gasteiger partial charge in [0.05, 0.1) is 6.33 Å². The molecule has 0 bridgehead atoms. The predicted molar refractivity (Wildman–Crippen MR) is 112 cm³/mol. The molecule has 2 fully saturated rings. The van der Waals surface area contributed by atoms with Gasteiger partial charge in [0.1, 0.15) is 17.5 Å². The van der Waals surface area contributed by atoms with Gasteiger partial charge in [-0.25, -0.2) is 23.4 Å². The van der Waals surface area contributed by atoms with Gasteiger partial charge in [-0.15, -0.1) is 0 Å². The first kappa shape index (κ1) is 20.1. The number of nitrogens with zero attached hydrogens (tertiary/aromatic N) is 7. The maximum atomic E-state index is 12.9. The monoisotopic (exact) mass is 419 g/mol. The fourth-order valence-corrected chi connectivity index (χ4v) is 5.17. The first-order chi connectivity index (χ1) is 13.8. The van der Waals surface area contributed by atoms with Crippen molar-refractivity contribution in [3.63, 3.8) is 0 Å². The molecule has 9 nitrogen and oxygen atoms in total. The van der Waals surface area contributed by atoms with Crippen LogP contribution in [0, 0.1) is 6.92 Å². The van der Waals surface area contributed by atoms with Crippen LogP contribution in [-0.4, -0.2) is 71.5 Å². The van der Waals surface area contributed by atoms with Gasteiger partial charge in [-0.1, -0.05) is 0 Å². The van der Waals surface area contributed by atoms with Crippen molar-refractivity contribution in [1.29, 1.82) is 0 Å². The maximum absolute atomic E-state index is 12.9. The van der Waals surface area contributed by atoms with Crippen LogP contribution in [0.1, 0.15) is 38.6 Å². The smallest absolute Gasteiger partial charge is 0.262 e. The summed E-state index contributed by atoms with van der Waals surface area (Å²) in [6.45, 7) is 10.00. The largest absolute Gasteiger partial charge is 0.356 e. The topological polar surface area (TPSA) is 87.5 Å².